The predicted octanol–water partition coefficient (Wildman–Crippen LogP) is 2.67. The molecule has 1 heterocycles. The van der Waals surface area contributed by atoms with E-state index in [9.17, 15) is 14.7 Å². The third-order valence-electron chi connectivity index (χ3n) is 4.64. The Morgan fingerprint density at radius 3 is 2.52 bits per heavy atom. The SMILES string of the molecule is O=C(O)[C@H]1COC2(CCCCC2)N1C(=O)/C=C\c1ccccc1. The molecule has 1 aliphatic heterocycles. The van der Waals surface area contributed by atoms with Crippen LogP contribution >= 0.6 is 0 Å². The molecule has 1 spiro atoms. The molecule has 1 saturated carbocycles. The number of ether oxygens (including phenoxy) is 1. The first-order valence-electron chi connectivity index (χ1n) is 8.06. The van der Waals surface area contributed by atoms with Gasteiger partial charge in [0.15, 0.2) is 6.04 Å². The quantitative estimate of drug-likeness (QED) is 0.871. The van der Waals surface area contributed by atoms with Crippen molar-refractivity contribution in [2.75, 3.05) is 6.61 Å². The number of benzene rings is 1. The van der Waals surface area contributed by atoms with E-state index in [-0.39, 0.29) is 12.5 Å². The summed E-state index contributed by atoms with van der Waals surface area (Å²) in [5, 5.41) is 9.43. The second-order valence-electron chi connectivity index (χ2n) is 6.12. The van der Waals surface area contributed by atoms with Crippen LogP contribution in [0.2, 0.25) is 0 Å². The zero-order valence-electron chi connectivity index (χ0n) is 13.0. The van der Waals surface area contributed by atoms with Gasteiger partial charge < -0.3 is 9.84 Å². The van der Waals surface area contributed by atoms with Gasteiger partial charge >= 0.3 is 5.97 Å². The number of rotatable bonds is 3. The maximum absolute atomic E-state index is 12.7. The van der Waals surface area contributed by atoms with Crippen LogP contribution in [0.1, 0.15) is 37.7 Å². The average Bonchev–Trinajstić information content (AvgIpc) is 2.93. The summed E-state index contributed by atoms with van der Waals surface area (Å²) in [6, 6.07) is 8.59. The molecular weight excluding hydrogens is 294 g/mol. The van der Waals surface area contributed by atoms with Crippen molar-refractivity contribution in [1.29, 1.82) is 0 Å². The maximum atomic E-state index is 12.7. The molecule has 5 nitrogen and oxygen atoms in total. The molecule has 0 bridgehead atoms. The lowest BCUT2D eigenvalue weighted by Gasteiger charge is -2.40. The van der Waals surface area contributed by atoms with Crippen molar-refractivity contribution in [2.45, 2.75) is 43.9 Å². The number of amides is 1. The van der Waals surface area contributed by atoms with Gasteiger partial charge in [0.1, 0.15) is 5.72 Å². The third kappa shape index (κ3) is 3.15. The van der Waals surface area contributed by atoms with Crippen LogP contribution < -0.4 is 0 Å². The molecule has 1 saturated heterocycles. The van der Waals surface area contributed by atoms with Crippen molar-refractivity contribution in [3.05, 3.63) is 42.0 Å². The Hall–Kier alpha value is -2.14. The van der Waals surface area contributed by atoms with Crippen LogP contribution in [-0.2, 0) is 14.3 Å². The maximum Gasteiger partial charge on any atom is 0.328 e. The van der Waals surface area contributed by atoms with Crippen LogP contribution in [0.4, 0.5) is 0 Å². The summed E-state index contributed by atoms with van der Waals surface area (Å²) in [5.74, 6) is -1.30. The van der Waals surface area contributed by atoms with Crippen LogP contribution in [0.25, 0.3) is 6.08 Å². The fourth-order valence-electron chi connectivity index (χ4n) is 3.50. The first-order chi connectivity index (χ1) is 11.1. The minimum Gasteiger partial charge on any atom is -0.480 e. The zero-order chi connectivity index (χ0) is 16.3. The number of hydrogen-bond acceptors (Lipinski definition) is 3. The van der Waals surface area contributed by atoms with Crippen LogP contribution in [0, 0.1) is 0 Å². The number of carboxylic acids is 1. The molecule has 2 aliphatic rings. The van der Waals surface area contributed by atoms with Gasteiger partial charge in [0.25, 0.3) is 0 Å². The van der Waals surface area contributed by atoms with Gasteiger partial charge in [-0.2, -0.15) is 0 Å². The number of carbonyl (C=O) groups is 2. The minimum atomic E-state index is -1.01. The summed E-state index contributed by atoms with van der Waals surface area (Å²) < 4.78 is 5.83. The summed E-state index contributed by atoms with van der Waals surface area (Å²) in [6.45, 7) is 0.0697. The van der Waals surface area contributed by atoms with Gasteiger partial charge in [-0.15, -0.1) is 0 Å². The van der Waals surface area contributed by atoms with Gasteiger partial charge in [-0.05, 0) is 37.3 Å². The number of nitrogens with zero attached hydrogens (tertiary/aromatic N) is 1. The monoisotopic (exact) mass is 315 g/mol. The molecular formula is C18H21NO4. The van der Waals surface area contributed by atoms with Gasteiger partial charge in [0.05, 0.1) is 6.61 Å². The van der Waals surface area contributed by atoms with Gasteiger partial charge in [-0.3, -0.25) is 9.69 Å². The largest absolute Gasteiger partial charge is 0.480 e. The molecule has 3 rings (SSSR count). The topological polar surface area (TPSA) is 66.8 Å². The Labute approximate surface area is 135 Å². The zero-order valence-corrected chi connectivity index (χ0v) is 13.0. The summed E-state index contributed by atoms with van der Waals surface area (Å²) in [4.78, 5) is 25.7. The Balaban J connectivity index is 1.84. The van der Waals surface area contributed by atoms with E-state index in [1.54, 1.807) is 6.08 Å². The van der Waals surface area contributed by atoms with Gasteiger partial charge in [0.2, 0.25) is 5.91 Å². The molecule has 122 valence electrons. The Kier molecular flexibility index (Phi) is 4.48. The van der Waals surface area contributed by atoms with Crippen molar-refractivity contribution >= 4 is 18.0 Å². The molecule has 5 heteroatoms. The molecule has 1 N–H and O–H groups in total. The Morgan fingerprint density at radius 2 is 1.87 bits per heavy atom. The fourth-order valence-corrected chi connectivity index (χ4v) is 3.50. The summed E-state index contributed by atoms with van der Waals surface area (Å²) in [7, 11) is 0. The van der Waals surface area contributed by atoms with E-state index in [0.717, 1.165) is 24.8 Å². The van der Waals surface area contributed by atoms with E-state index >= 15 is 0 Å². The predicted molar refractivity (Wildman–Crippen MR) is 85.5 cm³/mol. The van der Waals surface area contributed by atoms with Crippen molar-refractivity contribution in [3.63, 3.8) is 0 Å². The molecule has 1 aromatic carbocycles. The van der Waals surface area contributed by atoms with E-state index in [2.05, 4.69) is 0 Å². The number of hydrogen-bond donors (Lipinski definition) is 1. The standard InChI is InChI=1S/C18H21NO4/c20-16(10-9-14-7-3-1-4-8-14)19-15(17(21)22)13-23-18(19)11-5-2-6-12-18/h1,3-4,7-10,15H,2,5-6,11-13H2,(H,21,22)/b10-9-/t15-/m1/s1. The molecule has 0 aromatic heterocycles. The second kappa shape index (κ2) is 6.54. The lowest BCUT2D eigenvalue weighted by Crippen LogP contribution is -2.54. The van der Waals surface area contributed by atoms with E-state index in [4.69, 9.17) is 4.74 Å². The molecule has 23 heavy (non-hydrogen) atoms. The summed E-state index contributed by atoms with van der Waals surface area (Å²) in [6.07, 6.45) is 7.61. The van der Waals surface area contributed by atoms with Crippen molar-refractivity contribution in [3.8, 4) is 0 Å². The average molecular weight is 315 g/mol. The fraction of sp³-hybridized carbons (Fsp3) is 0.444. The van der Waals surface area contributed by atoms with Crippen LogP contribution in [0.3, 0.4) is 0 Å². The molecule has 1 atom stereocenters. The molecule has 1 aromatic rings. The van der Waals surface area contributed by atoms with Crippen LogP contribution in [0.5, 0.6) is 0 Å². The lowest BCUT2D eigenvalue weighted by atomic mass is 9.90. The highest BCUT2D eigenvalue weighted by atomic mass is 16.5. The highest BCUT2D eigenvalue weighted by Gasteiger charge is 2.52. The van der Waals surface area contributed by atoms with E-state index in [1.165, 1.54) is 11.0 Å². The van der Waals surface area contributed by atoms with Gasteiger partial charge in [0, 0.05) is 6.08 Å². The van der Waals surface area contributed by atoms with Gasteiger partial charge in [-0.1, -0.05) is 36.8 Å². The normalized spacial score (nSPS) is 23.5. The molecule has 2 fully saturated rings. The van der Waals surface area contributed by atoms with E-state index in [0.29, 0.717) is 12.8 Å². The second-order valence-corrected chi connectivity index (χ2v) is 6.12. The summed E-state index contributed by atoms with van der Waals surface area (Å²) >= 11 is 0. The van der Waals surface area contributed by atoms with Gasteiger partial charge in [-0.25, -0.2) is 4.79 Å². The smallest absolute Gasteiger partial charge is 0.328 e. The first kappa shape index (κ1) is 15.7. The third-order valence-corrected chi connectivity index (χ3v) is 4.64. The summed E-state index contributed by atoms with van der Waals surface area (Å²) in [5.41, 5.74) is 0.171. The number of carboxylic acid groups (broad SMARTS) is 1. The molecule has 0 unspecified atom stereocenters. The van der Waals surface area contributed by atoms with Crippen molar-refractivity contribution < 1.29 is 19.4 Å². The highest BCUT2D eigenvalue weighted by molar-refractivity contribution is 5.95. The van der Waals surface area contributed by atoms with Crippen molar-refractivity contribution in [1.82, 2.24) is 4.90 Å². The molecule has 1 amide bonds. The lowest BCUT2D eigenvalue weighted by molar-refractivity contribution is -0.159. The number of aliphatic carboxylic acids is 1. The van der Waals surface area contributed by atoms with Crippen LogP contribution in [-0.4, -0.2) is 40.3 Å². The van der Waals surface area contributed by atoms with E-state index in [1.807, 2.05) is 30.3 Å². The molecule has 0 radical (unpaired) electrons. The number of carbonyl (C=O) groups excluding carboxylic acids is 1. The highest BCUT2D eigenvalue weighted by Crippen LogP contribution is 2.40. The van der Waals surface area contributed by atoms with Crippen LogP contribution in [0.15, 0.2) is 36.4 Å². The van der Waals surface area contributed by atoms with Crippen molar-refractivity contribution in [2.24, 2.45) is 0 Å². The first-order valence-corrected chi connectivity index (χ1v) is 8.06. The Bertz CT molecular complexity index is 605. The Morgan fingerprint density at radius 1 is 1.17 bits per heavy atom. The minimum absolute atomic E-state index is 0.0697. The molecule has 1 aliphatic carbocycles. The van der Waals surface area contributed by atoms with E-state index < -0.39 is 17.7 Å².